The summed E-state index contributed by atoms with van der Waals surface area (Å²) in [7, 11) is 0. The van der Waals surface area contributed by atoms with Crippen LogP contribution in [0.5, 0.6) is 0 Å². The van der Waals surface area contributed by atoms with Crippen molar-refractivity contribution < 1.29 is 4.74 Å². The fourth-order valence-electron chi connectivity index (χ4n) is 1.96. The summed E-state index contributed by atoms with van der Waals surface area (Å²) in [5, 5.41) is 1.11. The first-order chi connectivity index (χ1) is 8.15. The monoisotopic (exact) mass is 230 g/mol. The van der Waals surface area contributed by atoms with Crippen molar-refractivity contribution in [2.75, 3.05) is 13.2 Å². The highest BCUT2D eigenvalue weighted by Gasteiger charge is 2.24. The molecule has 2 aromatic rings. The van der Waals surface area contributed by atoms with Gasteiger partial charge in [0.25, 0.3) is 0 Å². The maximum absolute atomic E-state index is 6.33. The summed E-state index contributed by atoms with van der Waals surface area (Å²) in [4.78, 5) is 4.42. The van der Waals surface area contributed by atoms with Gasteiger partial charge in [0.2, 0.25) is 0 Å². The molecule has 0 aliphatic rings. The first-order valence-electron chi connectivity index (χ1n) is 5.86. The van der Waals surface area contributed by atoms with Gasteiger partial charge in [0, 0.05) is 23.8 Å². The van der Waals surface area contributed by atoms with E-state index >= 15 is 0 Å². The van der Waals surface area contributed by atoms with E-state index in [2.05, 4.69) is 4.98 Å². The molecule has 3 nitrogen and oxygen atoms in total. The fraction of sp³-hybridized carbons (Fsp3) is 0.357. The second-order valence-corrected chi connectivity index (χ2v) is 4.44. The summed E-state index contributed by atoms with van der Waals surface area (Å²) in [5.41, 5.74) is 7.80. The Bertz CT molecular complexity index is 503. The van der Waals surface area contributed by atoms with E-state index in [1.807, 2.05) is 44.2 Å². The van der Waals surface area contributed by atoms with Crippen LogP contribution in [0.4, 0.5) is 0 Å². The van der Waals surface area contributed by atoms with Crippen LogP contribution in [-0.2, 0) is 10.3 Å². The molecule has 0 aliphatic heterocycles. The number of aromatic nitrogens is 1. The Morgan fingerprint density at radius 2 is 2.06 bits per heavy atom. The van der Waals surface area contributed by atoms with E-state index in [9.17, 15) is 0 Å². The van der Waals surface area contributed by atoms with Gasteiger partial charge in [0.1, 0.15) is 0 Å². The maximum Gasteiger partial charge on any atom is 0.0753 e. The predicted octanol–water partition coefficient (Wildman–Crippen LogP) is 2.45. The zero-order chi connectivity index (χ0) is 12.3. The molecule has 0 radical (unpaired) electrons. The van der Waals surface area contributed by atoms with Gasteiger partial charge in [-0.25, -0.2) is 0 Å². The Kier molecular flexibility index (Phi) is 3.41. The van der Waals surface area contributed by atoms with Crippen molar-refractivity contribution in [3.63, 3.8) is 0 Å². The molecule has 2 rings (SSSR count). The molecule has 0 bridgehead atoms. The summed E-state index contributed by atoms with van der Waals surface area (Å²) in [6.07, 6.45) is 1.79. The van der Waals surface area contributed by atoms with Crippen molar-refractivity contribution in [1.82, 2.24) is 4.98 Å². The zero-order valence-corrected chi connectivity index (χ0v) is 10.3. The lowest BCUT2D eigenvalue weighted by Crippen LogP contribution is -2.38. The lowest BCUT2D eigenvalue weighted by molar-refractivity contribution is 0.101. The smallest absolute Gasteiger partial charge is 0.0753 e. The van der Waals surface area contributed by atoms with E-state index in [1.54, 1.807) is 6.20 Å². The minimum absolute atomic E-state index is 0.499. The van der Waals surface area contributed by atoms with Gasteiger partial charge in [0.05, 0.1) is 17.7 Å². The van der Waals surface area contributed by atoms with Crippen molar-refractivity contribution in [2.45, 2.75) is 19.4 Å². The van der Waals surface area contributed by atoms with Crippen molar-refractivity contribution in [3.8, 4) is 0 Å². The second kappa shape index (κ2) is 4.82. The highest BCUT2D eigenvalue weighted by atomic mass is 16.5. The molecule has 2 N–H and O–H groups in total. The van der Waals surface area contributed by atoms with E-state index in [1.165, 1.54) is 0 Å². The number of fused-ring (bicyclic) bond motifs is 1. The summed E-state index contributed by atoms with van der Waals surface area (Å²) in [6, 6.07) is 10.1. The quantitative estimate of drug-likeness (QED) is 0.877. The van der Waals surface area contributed by atoms with E-state index in [0.717, 1.165) is 16.5 Å². The standard InChI is InChI=1S/C14H18N2O/c1-3-17-10-14(2,15)12-8-4-6-11-7-5-9-16-13(11)12/h4-9H,3,10,15H2,1-2H3. The first-order valence-corrected chi connectivity index (χ1v) is 5.86. The van der Waals surface area contributed by atoms with Crippen LogP contribution in [0.15, 0.2) is 36.5 Å². The van der Waals surface area contributed by atoms with Crippen LogP contribution in [-0.4, -0.2) is 18.2 Å². The predicted molar refractivity (Wildman–Crippen MR) is 69.8 cm³/mol. The van der Waals surface area contributed by atoms with Gasteiger partial charge >= 0.3 is 0 Å². The molecule has 0 spiro atoms. The second-order valence-electron chi connectivity index (χ2n) is 4.44. The lowest BCUT2D eigenvalue weighted by atomic mass is 9.92. The maximum atomic E-state index is 6.33. The molecule has 1 aromatic heterocycles. The molecule has 1 atom stereocenters. The number of ether oxygens (including phenoxy) is 1. The van der Waals surface area contributed by atoms with Crippen LogP contribution in [0.25, 0.3) is 10.9 Å². The molecule has 0 amide bonds. The van der Waals surface area contributed by atoms with Crippen molar-refractivity contribution >= 4 is 10.9 Å². The normalized spacial score (nSPS) is 14.8. The van der Waals surface area contributed by atoms with Gasteiger partial charge in [-0.3, -0.25) is 4.98 Å². The molecule has 90 valence electrons. The third kappa shape index (κ3) is 2.46. The topological polar surface area (TPSA) is 48.1 Å². The molecule has 0 saturated heterocycles. The summed E-state index contributed by atoms with van der Waals surface area (Å²) < 4.78 is 5.45. The fourth-order valence-corrected chi connectivity index (χ4v) is 1.96. The zero-order valence-electron chi connectivity index (χ0n) is 10.3. The number of pyridine rings is 1. The van der Waals surface area contributed by atoms with Gasteiger partial charge in [-0.15, -0.1) is 0 Å². The number of hydrogen-bond donors (Lipinski definition) is 1. The van der Waals surface area contributed by atoms with Gasteiger partial charge in [-0.1, -0.05) is 24.3 Å². The van der Waals surface area contributed by atoms with Crippen LogP contribution < -0.4 is 5.73 Å². The average Bonchev–Trinajstić information content (AvgIpc) is 2.36. The number of para-hydroxylation sites is 1. The third-order valence-corrected chi connectivity index (χ3v) is 2.85. The number of nitrogens with zero attached hydrogens (tertiary/aromatic N) is 1. The van der Waals surface area contributed by atoms with Crippen LogP contribution in [0.2, 0.25) is 0 Å². The Hall–Kier alpha value is -1.45. The van der Waals surface area contributed by atoms with E-state index in [-0.39, 0.29) is 0 Å². The molecule has 0 aliphatic carbocycles. The van der Waals surface area contributed by atoms with E-state index in [4.69, 9.17) is 10.5 Å². The van der Waals surface area contributed by atoms with Crippen molar-refractivity contribution in [3.05, 3.63) is 42.1 Å². The van der Waals surface area contributed by atoms with Crippen LogP contribution >= 0.6 is 0 Å². The Balaban J connectivity index is 2.47. The van der Waals surface area contributed by atoms with Gasteiger partial charge in [-0.05, 0) is 19.9 Å². The molecule has 1 heterocycles. The molecule has 0 fully saturated rings. The molecule has 1 aromatic carbocycles. The average molecular weight is 230 g/mol. The Labute approximate surface area is 102 Å². The minimum atomic E-state index is -0.510. The molecule has 1 unspecified atom stereocenters. The van der Waals surface area contributed by atoms with E-state index in [0.29, 0.717) is 13.2 Å². The molecule has 3 heteroatoms. The van der Waals surface area contributed by atoms with Crippen molar-refractivity contribution in [1.29, 1.82) is 0 Å². The molecule has 17 heavy (non-hydrogen) atoms. The Morgan fingerprint density at radius 1 is 1.29 bits per heavy atom. The summed E-state index contributed by atoms with van der Waals surface area (Å²) in [6.45, 7) is 5.12. The molecular formula is C14H18N2O. The van der Waals surface area contributed by atoms with Gasteiger partial charge in [0.15, 0.2) is 0 Å². The number of nitrogens with two attached hydrogens (primary N) is 1. The van der Waals surface area contributed by atoms with Gasteiger partial charge < -0.3 is 10.5 Å². The minimum Gasteiger partial charge on any atom is -0.379 e. The van der Waals surface area contributed by atoms with Crippen molar-refractivity contribution in [2.24, 2.45) is 5.73 Å². The highest BCUT2D eigenvalue weighted by Crippen LogP contribution is 2.25. The van der Waals surface area contributed by atoms with Crippen LogP contribution in [0, 0.1) is 0 Å². The third-order valence-electron chi connectivity index (χ3n) is 2.85. The highest BCUT2D eigenvalue weighted by molar-refractivity contribution is 5.82. The van der Waals surface area contributed by atoms with Crippen LogP contribution in [0.1, 0.15) is 19.4 Å². The molecule has 0 saturated carbocycles. The van der Waals surface area contributed by atoms with E-state index < -0.39 is 5.54 Å². The summed E-state index contributed by atoms with van der Waals surface area (Å²) >= 11 is 0. The largest absolute Gasteiger partial charge is 0.379 e. The Morgan fingerprint density at radius 3 is 2.82 bits per heavy atom. The SMILES string of the molecule is CCOCC(C)(N)c1cccc2cccnc12. The number of benzene rings is 1. The van der Waals surface area contributed by atoms with Gasteiger partial charge in [-0.2, -0.15) is 0 Å². The van der Waals surface area contributed by atoms with Crippen LogP contribution in [0.3, 0.4) is 0 Å². The lowest BCUT2D eigenvalue weighted by Gasteiger charge is -2.25. The number of hydrogen-bond acceptors (Lipinski definition) is 3. The first kappa shape index (κ1) is 12.0. The number of rotatable bonds is 4. The molecular weight excluding hydrogens is 212 g/mol. The summed E-state index contributed by atoms with van der Waals surface area (Å²) in [5.74, 6) is 0.